The van der Waals surface area contributed by atoms with Gasteiger partial charge in [-0.2, -0.15) is 0 Å². The number of rotatable bonds is 13. The lowest BCUT2D eigenvalue weighted by Crippen LogP contribution is -2.12. The van der Waals surface area contributed by atoms with Gasteiger partial charge in [-0.25, -0.2) is 18.0 Å². The van der Waals surface area contributed by atoms with Gasteiger partial charge in [0.1, 0.15) is 34.7 Å². The van der Waals surface area contributed by atoms with Crippen LogP contribution < -0.4 is 14.2 Å². The molecule has 0 amide bonds. The molecule has 2 aliphatic carbocycles. The molecule has 0 saturated heterocycles. The molecule has 0 bridgehead atoms. The van der Waals surface area contributed by atoms with Gasteiger partial charge in [-0.3, -0.25) is 14.4 Å². The average molecular weight is 997 g/mol. The molecule has 8 rings (SSSR count). The summed E-state index contributed by atoms with van der Waals surface area (Å²) in [6.45, 7) is -0.585. The van der Waals surface area contributed by atoms with Gasteiger partial charge in [-0.05, 0) is 158 Å². The van der Waals surface area contributed by atoms with Crippen molar-refractivity contribution < 1.29 is 51.7 Å². The Hall–Kier alpha value is -5.66. The van der Waals surface area contributed by atoms with Crippen LogP contribution in [0.25, 0.3) is 0 Å². The summed E-state index contributed by atoms with van der Waals surface area (Å²) in [6, 6.07) is 26.7. The van der Waals surface area contributed by atoms with Gasteiger partial charge in [0.15, 0.2) is 24.0 Å². The summed E-state index contributed by atoms with van der Waals surface area (Å²) in [7, 11) is 2.95. The highest BCUT2D eigenvalue weighted by Gasteiger charge is 2.27. The quantitative estimate of drug-likeness (QED) is 0.114. The molecule has 6 aromatic carbocycles. The first-order valence-electron chi connectivity index (χ1n) is 19.6. The molecule has 8 nitrogen and oxygen atoms in total. The van der Waals surface area contributed by atoms with Gasteiger partial charge in [0.05, 0.1) is 30.9 Å². The second-order valence-corrected chi connectivity index (χ2v) is 17.0. The van der Waals surface area contributed by atoms with Crippen molar-refractivity contribution in [1.29, 1.82) is 0 Å². The summed E-state index contributed by atoms with van der Waals surface area (Å²) in [5, 5.41) is 9.90. The van der Waals surface area contributed by atoms with Crippen LogP contribution in [0.4, 0.5) is 13.2 Å². The molecule has 0 spiro atoms. The number of aliphatic carboxylic acids is 1. The summed E-state index contributed by atoms with van der Waals surface area (Å²) >= 11 is 20.9. The van der Waals surface area contributed by atoms with Crippen LogP contribution in [0.15, 0.2) is 114 Å². The molecular formula is C49H37BrCl3F3O8. The Labute approximate surface area is 390 Å². The molecule has 0 aliphatic heterocycles. The first kappa shape index (κ1) is 47.8. The fourth-order valence-electron chi connectivity index (χ4n) is 6.60. The third kappa shape index (κ3) is 12.7. The van der Waals surface area contributed by atoms with Crippen molar-refractivity contribution in [2.24, 2.45) is 0 Å². The van der Waals surface area contributed by atoms with Crippen molar-refractivity contribution in [3.05, 3.63) is 191 Å². The zero-order valence-electron chi connectivity index (χ0n) is 34.0. The third-order valence-corrected chi connectivity index (χ3v) is 11.1. The van der Waals surface area contributed by atoms with Crippen molar-refractivity contribution in [1.82, 2.24) is 0 Å². The fourth-order valence-corrected chi connectivity index (χ4v) is 7.58. The summed E-state index contributed by atoms with van der Waals surface area (Å²) in [6.07, 6.45) is 4.08. The topological polar surface area (TPSA) is 116 Å². The number of ether oxygens (including phenoxy) is 3. The molecule has 2 fully saturated rings. The predicted molar refractivity (Wildman–Crippen MR) is 242 cm³/mol. The molecular weight excluding hydrogens is 960 g/mol. The normalized spacial score (nSPS) is 12.8. The van der Waals surface area contributed by atoms with Crippen LogP contribution in [0.3, 0.4) is 0 Å². The molecule has 6 aromatic rings. The van der Waals surface area contributed by atoms with Crippen molar-refractivity contribution in [2.75, 3.05) is 20.8 Å². The zero-order valence-corrected chi connectivity index (χ0v) is 37.9. The molecule has 0 atom stereocenters. The van der Waals surface area contributed by atoms with Crippen LogP contribution in [0.1, 0.15) is 96.4 Å². The minimum atomic E-state index is -1.16. The van der Waals surface area contributed by atoms with Gasteiger partial charge in [-0.15, -0.1) is 0 Å². The highest BCUT2D eigenvalue weighted by Crippen LogP contribution is 2.42. The van der Waals surface area contributed by atoms with Gasteiger partial charge in [0.2, 0.25) is 0 Å². The van der Waals surface area contributed by atoms with Crippen LogP contribution in [-0.4, -0.2) is 49.3 Å². The maximum Gasteiger partial charge on any atom is 0.341 e. The molecule has 1 N–H and O–H groups in total. The maximum absolute atomic E-state index is 13.8. The van der Waals surface area contributed by atoms with Gasteiger partial charge >= 0.3 is 5.97 Å². The van der Waals surface area contributed by atoms with E-state index in [1.54, 1.807) is 48.5 Å². The van der Waals surface area contributed by atoms with E-state index in [4.69, 9.17) is 54.1 Å². The van der Waals surface area contributed by atoms with Gasteiger partial charge in [0, 0.05) is 36.2 Å². The molecule has 0 unspecified atom stereocenters. The Balaban J connectivity index is 0.000000161. The van der Waals surface area contributed by atoms with Crippen LogP contribution in [0, 0.1) is 17.5 Å². The Morgan fingerprint density at radius 3 is 1.27 bits per heavy atom. The molecule has 2 aliphatic rings. The monoisotopic (exact) mass is 994 g/mol. The number of hydrogen-bond acceptors (Lipinski definition) is 7. The summed E-state index contributed by atoms with van der Waals surface area (Å²) in [5.74, 6) is -1.98. The second-order valence-electron chi connectivity index (χ2n) is 14.8. The number of ketones is 3. The smallest absolute Gasteiger partial charge is 0.341 e. The SMILES string of the molecule is COc1ccc(Cl)cc1C(=O)c1cc(F)cc(Br)c1.COc1ccc(Cl)cc1C(=O)c1cc(F)cc(C2CC2)c1.O=C(O)COc1ccc(Cl)cc1C(=O)c1cc(F)cc(C2CC2)c1. The number of methoxy groups -OCH3 is 2. The summed E-state index contributed by atoms with van der Waals surface area (Å²) in [5.41, 5.74) is 3.19. The largest absolute Gasteiger partial charge is 0.496 e. The fraction of sp³-hybridized carbons (Fsp3) is 0.184. The molecule has 0 radical (unpaired) electrons. The third-order valence-electron chi connectivity index (χ3n) is 9.94. The van der Waals surface area contributed by atoms with Crippen LogP contribution in [0.2, 0.25) is 15.1 Å². The Morgan fingerprint density at radius 1 is 0.547 bits per heavy atom. The number of hydrogen-bond donors (Lipinski definition) is 1. The Bertz CT molecular complexity index is 2740. The molecule has 0 aromatic heterocycles. The van der Waals surface area contributed by atoms with E-state index in [1.165, 1.54) is 68.8 Å². The standard InChI is InChI=1S/C18H14ClFO4.C17H14ClFO2.C14H9BrClFO2/c19-13-3-4-16(24-9-17(21)22)15(8-13)18(23)12-5-11(10-1-2-10)6-14(20)7-12;1-21-16-5-4-13(18)9-15(16)17(20)12-6-11(10-2-3-10)7-14(19)8-12;1-19-13-3-2-10(16)7-12(13)14(18)8-4-9(15)6-11(17)5-8/h3-8,10H,1-2,9H2,(H,21,22);4-10H,2-3H2,1H3;2-7H,1H3. The van der Waals surface area contributed by atoms with Gasteiger partial charge in [-0.1, -0.05) is 50.7 Å². The van der Waals surface area contributed by atoms with E-state index in [9.17, 15) is 32.3 Å². The van der Waals surface area contributed by atoms with Crippen LogP contribution in [-0.2, 0) is 4.79 Å². The Kier molecular flexibility index (Phi) is 15.9. The molecule has 64 heavy (non-hydrogen) atoms. The molecule has 330 valence electrons. The van der Waals surface area contributed by atoms with E-state index in [-0.39, 0.29) is 39.8 Å². The van der Waals surface area contributed by atoms with Crippen molar-refractivity contribution in [3.63, 3.8) is 0 Å². The van der Waals surface area contributed by atoms with E-state index in [0.717, 1.165) is 42.9 Å². The number of halogens is 7. The number of carbonyl (C=O) groups excluding carboxylic acids is 3. The zero-order chi connectivity index (χ0) is 46.2. The summed E-state index contributed by atoms with van der Waals surface area (Å²) in [4.78, 5) is 48.4. The van der Waals surface area contributed by atoms with Crippen molar-refractivity contribution in [3.8, 4) is 17.2 Å². The Morgan fingerprint density at radius 2 is 0.906 bits per heavy atom. The lowest BCUT2D eigenvalue weighted by molar-refractivity contribution is -0.139. The number of benzene rings is 6. The summed E-state index contributed by atoms with van der Waals surface area (Å²) < 4.78 is 56.9. The van der Waals surface area contributed by atoms with E-state index < -0.39 is 30.0 Å². The van der Waals surface area contributed by atoms with Crippen molar-refractivity contribution >= 4 is 74.1 Å². The molecule has 0 heterocycles. The van der Waals surface area contributed by atoms with Crippen LogP contribution in [0.5, 0.6) is 17.2 Å². The van der Waals surface area contributed by atoms with Gasteiger partial charge < -0.3 is 19.3 Å². The minimum absolute atomic E-state index is 0.101. The molecule has 2 saturated carbocycles. The average Bonchev–Trinajstić information content (AvgIpc) is 4.20. The van der Waals surface area contributed by atoms with E-state index in [1.807, 2.05) is 0 Å². The molecule has 15 heteroatoms. The van der Waals surface area contributed by atoms with Crippen LogP contribution >= 0.6 is 50.7 Å². The number of carboxylic acid groups (broad SMARTS) is 1. The maximum atomic E-state index is 13.8. The lowest BCUT2D eigenvalue weighted by atomic mass is 9.99. The predicted octanol–water partition coefficient (Wildman–Crippen LogP) is 13.1. The highest BCUT2D eigenvalue weighted by molar-refractivity contribution is 9.10. The number of carbonyl (C=O) groups is 4. The van der Waals surface area contributed by atoms with Crippen molar-refractivity contribution in [2.45, 2.75) is 37.5 Å². The van der Waals surface area contributed by atoms with Gasteiger partial charge in [0.25, 0.3) is 0 Å². The first-order chi connectivity index (χ1) is 30.5. The second kappa shape index (κ2) is 21.3. The van der Waals surface area contributed by atoms with E-state index in [0.29, 0.717) is 59.6 Å². The first-order valence-corrected chi connectivity index (χ1v) is 21.5. The van der Waals surface area contributed by atoms with E-state index in [2.05, 4.69) is 15.9 Å². The minimum Gasteiger partial charge on any atom is -0.496 e. The number of carboxylic acids is 1. The highest BCUT2D eigenvalue weighted by atomic mass is 79.9. The van der Waals surface area contributed by atoms with E-state index >= 15 is 0 Å². The lowest BCUT2D eigenvalue weighted by Gasteiger charge is -2.11.